The van der Waals surface area contributed by atoms with Crippen LogP contribution in [0.15, 0.2) is 36.7 Å². The summed E-state index contributed by atoms with van der Waals surface area (Å²) in [6.07, 6.45) is 4.61. The lowest BCUT2D eigenvalue weighted by Crippen LogP contribution is -2.31. The number of ether oxygens (including phenoxy) is 1. The van der Waals surface area contributed by atoms with E-state index in [1.165, 1.54) is 0 Å². The van der Waals surface area contributed by atoms with E-state index in [0.29, 0.717) is 18.7 Å². The largest absolute Gasteiger partial charge is 0.497 e. The molecule has 33 heavy (non-hydrogen) atoms. The summed E-state index contributed by atoms with van der Waals surface area (Å²) in [5.74, 6) is 1.93. The number of carbonyl (C=O) groups excluding carboxylic acids is 1. The number of carbonyl (C=O) groups is 1. The normalized spacial score (nSPS) is 16.2. The first-order valence-corrected chi connectivity index (χ1v) is 11.6. The van der Waals surface area contributed by atoms with Gasteiger partial charge < -0.3 is 9.64 Å². The molecule has 1 saturated heterocycles. The van der Waals surface area contributed by atoms with E-state index in [-0.39, 0.29) is 11.8 Å². The summed E-state index contributed by atoms with van der Waals surface area (Å²) in [6.45, 7) is 9.91. The van der Waals surface area contributed by atoms with Crippen molar-refractivity contribution in [3.63, 3.8) is 0 Å². The summed E-state index contributed by atoms with van der Waals surface area (Å²) in [4.78, 5) is 26.2. The first kappa shape index (κ1) is 22.9. The molecule has 174 valence electrons. The Bertz CT molecular complexity index is 1090. The monoisotopic (exact) mass is 448 g/mol. The van der Waals surface area contributed by atoms with Crippen molar-refractivity contribution in [2.75, 3.05) is 33.3 Å². The van der Waals surface area contributed by atoms with E-state index in [2.05, 4.69) is 20.1 Å². The van der Waals surface area contributed by atoms with Crippen molar-refractivity contribution in [1.29, 1.82) is 0 Å². The van der Waals surface area contributed by atoms with Gasteiger partial charge in [-0.25, -0.2) is 9.97 Å². The summed E-state index contributed by atoms with van der Waals surface area (Å²) in [5, 5.41) is 7.42. The second kappa shape index (κ2) is 10.1. The molecule has 3 heterocycles. The standard InChI is InChI=1S/C25H32N6O2/c1-5-31(6-2)25(32)22-14-26-24(28-17(22)3)19-11-12-30(15-19)16-20-13-27-29-23(20)18-7-9-21(33-4)10-8-18/h7-10,13-14,19H,5-6,11-12,15-16H2,1-4H3,(H,27,29)/t19-/m1/s1. The number of methoxy groups -OCH3 is 1. The van der Waals surface area contributed by atoms with Crippen LogP contribution in [-0.4, -0.2) is 69.2 Å². The average molecular weight is 449 g/mol. The van der Waals surface area contributed by atoms with E-state index >= 15 is 0 Å². The molecule has 0 radical (unpaired) electrons. The maximum absolute atomic E-state index is 12.7. The lowest BCUT2D eigenvalue weighted by Gasteiger charge is -2.20. The number of rotatable bonds is 8. The molecule has 0 unspecified atom stereocenters. The molecule has 0 bridgehead atoms. The molecule has 0 aliphatic carbocycles. The number of nitrogens with zero attached hydrogens (tertiary/aromatic N) is 5. The first-order valence-electron chi connectivity index (χ1n) is 11.6. The molecule has 1 fully saturated rings. The van der Waals surface area contributed by atoms with Crippen molar-refractivity contribution in [3.8, 4) is 17.0 Å². The molecule has 8 nitrogen and oxygen atoms in total. The van der Waals surface area contributed by atoms with Crippen LogP contribution in [0.25, 0.3) is 11.3 Å². The summed E-state index contributed by atoms with van der Waals surface area (Å²) in [7, 11) is 1.67. The highest BCUT2D eigenvalue weighted by atomic mass is 16.5. The van der Waals surface area contributed by atoms with Crippen LogP contribution >= 0.6 is 0 Å². The topological polar surface area (TPSA) is 87.2 Å². The SMILES string of the molecule is CCN(CC)C(=O)c1cnc([C@@H]2CCN(Cc3cn[nH]c3-c3ccc(OC)cc3)C2)nc1C. The number of aromatic amines is 1. The van der Waals surface area contributed by atoms with Gasteiger partial charge in [0.05, 0.1) is 30.3 Å². The molecule has 4 rings (SSSR count). The van der Waals surface area contributed by atoms with Crippen LogP contribution in [-0.2, 0) is 6.54 Å². The van der Waals surface area contributed by atoms with Crippen LogP contribution in [0.2, 0.25) is 0 Å². The summed E-state index contributed by atoms with van der Waals surface area (Å²) >= 11 is 0. The highest BCUT2D eigenvalue weighted by molar-refractivity contribution is 5.94. The molecule has 1 aromatic carbocycles. The first-order chi connectivity index (χ1) is 16.0. The molecule has 0 spiro atoms. The zero-order chi connectivity index (χ0) is 23.4. The fraction of sp³-hybridized carbons (Fsp3) is 0.440. The van der Waals surface area contributed by atoms with Gasteiger partial charge in [0, 0.05) is 49.4 Å². The molecule has 1 aliphatic heterocycles. The lowest BCUT2D eigenvalue weighted by atomic mass is 10.1. The molecular formula is C25H32N6O2. The van der Waals surface area contributed by atoms with Crippen molar-refractivity contribution in [3.05, 3.63) is 59.3 Å². The number of benzene rings is 1. The molecule has 3 aromatic rings. The van der Waals surface area contributed by atoms with Gasteiger partial charge >= 0.3 is 0 Å². The van der Waals surface area contributed by atoms with Gasteiger partial charge in [0.2, 0.25) is 0 Å². The van der Waals surface area contributed by atoms with Crippen molar-refractivity contribution in [2.45, 2.75) is 39.7 Å². The Morgan fingerprint density at radius 1 is 1.21 bits per heavy atom. The highest BCUT2D eigenvalue weighted by Crippen LogP contribution is 2.29. The van der Waals surface area contributed by atoms with E-state index < -0.39 is 0 Å². The Kier molecular flexibility index (Phi) is 7.03. The molecule has 0 saturated carbocycles. The number of nitrogens with one attached hydrogen (secondary N) is 1. The van der Waals surface area contributed by atoms with Gasteiger partial charge in [-0.05, 0) is 58.0 Å². The predicted octanol–water partition coefficient (Wildman–Crippen LogP) is 3.66. The lowest BCUT2D eigenvalue weighted by molar-refractivity contribution is 0.0771. The van der Waals surface area contributed by atoms with Gasteiger partial charge in [0.15, 0.2) is 0 Å². The van der Waals surface area contributed by atoms with Crippen molar-refractivity contribution in [2.24, 2.45) is 0 Å². The number of hydrogen-bond acceptors (Lipinski definition) is 6. The van der Waals surface area contributed by atoms with E-state index in [1.807, 2.05) is 51.2 Å². The van der Waals surface area contributed by atoms with E-state index in [1.54, 1.807) is 18.2 Å². The Hall–Kier alpha value is -3.26. The van der Waals surface area contributed by atoms with E-state index in [0.717, 1.165) is 60.1 Å². The Morgan fingerprint density at radius 2 is 1.97 bits per heavy atom. The fourth-order valence-electron chi connectivity index (χ4n) is 4.44. The highest BCUT2D eigenvalue weighted by Gasteiger charge is 2.28. The summed E-state index contributed by atoms with van der Waals surface area (Å²) < 4.78 is 5.26. The quantitative estimate of drug-likeness (QED) is 0.566. The Morgan fingerprint density at radius 3 is 2.64 bits per heavy atom. The molecular weight excluding hydrogens is 416 g/mol. The number of amides is 1. The third kappa shape index (κ3) is 4.90. The number of H-pyrrole nitrogens is 1. The molecule has 2 aromatic heterocycles. The van der Waals surface area contributed by atoms with E-state index in [9.17, 15) is 4.79 Å². The fourth-order valence-corrected chi connectivity index (χ4v) is 4.44. The van der Waals surface area contributed by atoms with Crippen molar-refractivity contribution < 1.29 is 9.53 Å². The third-order valence-corrected chi connectivity index (χ3v) is 6.41. The summed E-state index contributed by atoms with van der Waals surface area (Å²) in [5.41, 5.74) is 4.64. The van der Waals surface area contributed by atoms with Gasteiger partial charge in [-0.1, -0.05) is 0 Å². The predicted molar refractivity (Wildman–Crippen MR) is 127 cm³/mol. The molecule has 1 N–H and O–H groups in total. The third-order valence-electron chi connectivity index (χ3n) is 6.41. The number of hydrogen-bond donors (Lipinski definition) is 1. The van der Waals surface area contributed by atoms with Gasteiger partial charge in [-0.3, -0.25) is 14.8 Å². The minimum Gasteiger partial charge on any atom is -0.497 e. The molecule has 1 atom stereocenters. The maximum Gasteiger partial charge on any atom is 0.257 e. The second-order valence-corrected chi connectivity index (χ2v) is 8.42. The Labute approximate surface area is 195 Å². The zero-order valence-electron chi connectivity index (χ0n) is 19.8. The average Bonchev–Trinajstić information content (AvgIpc) is 3.50. The molecule has 1 amide bonds. The Balaban J connectivity index is 1.43. The van der Waals surface area contributed by atoms with Crippen LogP contribution in [0.3, 0.4) is 0 Å². The van der Waals surface area contributed by atoms with Crippen molar-refractivity contribution >= 4 is 5.91 Å². The number of aryl methyl sites for hydroxylation is 1. The zero-order valence-corrected chi connectivity index (χ0v) is 19.8. The van der Waals surface area contributed by atoms with Crippen molar-refractivity contribution in [1.82, 2.24) is 30.0 Å². The molecule has 1 aliphatic rings. The van der Waals surface area contributed by atoms with Crippen LogP contribution in [0.1, 0.15) is 53.6 Å². The minimum atomic E-state index is 0.00289. The number of likely N-dealkylation sites (tertiary alicyclic amines) is 1. The van der Waals surface area contributed by atoms with Gasteiger partial charge in [-0.15, -0.1) is 0 Å². The van der Waals surface area contributed by atoms with E-state index in [4.69, 9.17) is 9.72 Å². The summed E-state index contributed by atoms with van der Waals surface area (Å²) in [6, 6.07) is 8.00. The second-order valence-electron chi connectivity index (χ2n) is 8.42. The smallest absolute Gasteiger partial charge is 0.257 e. The van der Waals surface area contributed by atoms with Crippen LogP contribution in [0.5, 0.6) is 5.75 Å². The molecule has 8 heteroatoms. The van der Waals surface area contributed by atoms with Crippen LogP contribution in [0.4, 0.5) is 0 Å². The van der Waals surface area contributed by atoms with Crippen LogP contribution < -0.4 is 4.74 Å². The van der Waals surface area contributed by atoms with Gasteiger partial charge in [0.25, 0.3) is 5.91 Å². The minimum absolute atomic E-state index is 0.00289. The van der Waals surface area contributed by atoms with Crippen LogP contribution in [0, 0.1) is 6.92 Å². The number of aromatic nitrogens is 4. The maximum atomic E-state index is 12.7. The van der Waals surface area contributed by atoms with Gasteiger partial charge in [0.1, 0.15) is 11.6 Å². The van der Waals surface area contributed by atoms with Gasteiger partial charge in [-0.2, -0.15) is 5.10 Å².